The third kappa shape index (κ3) is 4.48. The molecule has 0 radical (unpaired) electrons. The summed E-state index contributed by atoms with van der Waals surface area (Å²) in [6.07, 6.45) is 1.58. The van der Waals surface area contributed by atoms with Gasteiger partial charge in [0, 0.05) is 16.8 Å². The van der Waals surface area contributed by atoms with E-state index in [1.54, 1.807) is 47.3 Å². The van der Waals surface area contributed by atoms with Crippen molar-refractivity contribution in [2.24, 2.45) is 0 Å². The Morgan fingerprint density at radius 1 is 1.07 bits per heavy atom. The Labute approximate surface area is 185 Å². The van der Waals surface area contributed by atoms with E-state index in [2.05, 4.69) is 20.6 Å². The van der Waals surface area contributed by atoms with Crippen molar-refractivity contribution in [3.8, 4) is 11.3 Å². The summed E-state index contributed by atoms with van der Waals surface area (Å²) in [4.78, 5) is 12.6. The van der Waals surface area contributed by atoms with Gasteiger partial charge in [0.05, 0.1) is 17.3 Å². The highest BCUT2D eigenvalue weighted by atomic mass is 35.5. The zero-order valence-electron chi connectivity index (χ0n) is 15.2. The van der Waals surface area contributed by atoms with Gasteiger partial charge in [0.15, 0.2) is 5.82 Å². The number of benzene rings is 2. The number of carbonyl (C=O) groups is 1. The molecule has 2 heterocycles. The first kappa shape index (κ1) is 20.4. The number of nitrogens with one attached hydrogen (secondary N) is 2. The molecular formula is C20H13Cl3FN5O. The molecule has 2 aromatic carbocycles. The molecule has 0 saturated carbocycles. The molecule has 0 aliphatic carbocycles. The minimum Gasteiger partial charge on any atom is -0.302 e. The van der Waals surface area contributed by atoms with Gasteiger partial charge in [0.25, 0.3) is 5.91 Å². The minimum absolute atomic E-state index is 0.199. The number of hydrogen-bond acceptors (Lipinski definition) is 3. The van der Waals surface area contributed by atoms with Crippen LogP contribution < -0.4 is 5.32 Å². The van der Waals surface area contributed by atoms with Crippen LogP contribution in [0.5, 0.6) is 0 Å². The Kier molecular flexibility index (Phi) is 5.76. The molecule has 0 aliphatic rings. The van der Waals surface area contributed by atoms with E-state index in [9.17, 15) is 9.18 Å². The monoisotopic (exact) mass is 463 g/mol. The molecule has 4 rings (SSSR count). The van der Waals surface area contributed by atoms with Gasteiger partial charge in [-0.3, -0.25) is 14.6 Å². The minimum atomic E-state index is -0.465. The van der Waals surface area contributed by atoms with Crippen LogP contribution in [0.25, 0.3) is 11.3 Å². The number of rotatable bonds is 5. The Hall–Kier alpha value is -2.87. The van der Waals surface area contributed by atoms with Crippen LogP contribution in [0, 0.1) is 5.82 Å². The normalized spacial score (nSPS) is 10.9. The van der Waals surface area contributed by atoms with Crippen LogP contribution in [-0.4, -0.2) is 25.9 Å². The fourth-order valence-corrected chi connectivity index (χ4v) is 3.49. The molecule has 0 spiro atoms. The second-order valence-corrected chi connectivity index (χ2v) is 7.65. The number of anilines is 1. The first-order valence-corrected chi connectivity index (χ1v) is 9.82. The summed E-state index contributed by atoms with van der Waals surface area (Å²) in [5.41, 5.74) is 2.18. The SMILES string of the molecule is O=C(Nc1nn(Cc2ccc(F)cc2)cc1Cl)c1cc(-c2ccc(Cl)cc2Cl)n[nH]1. The average Bonchev–Trinajstić information content (AvgIpc) is 3.31. The van der Waals surface area contributed by atoms with Crippen molar-refractivity contribution < 1.29 is 9.18 Å². The molecule has 6 nitrogen and oxygen atoms in total. The Balaban J connectivity index is 1.48. The first-order chi connectivity index (χ1) is 14.4. The highest BCUT2D eigenvalue weighted by Gasteiger charge is 2.16. The second kappa shape index (κ2) is 8.47. The van der Waals surface area contributed by atoms with Gasteiger partial charge < -0.3 is 5.32 Å². The van der Waals surface area contributed by atoms with Gasteiger partial charge in [-0.25, -0.2) is 4.39 Å². The van der Waals surface area contributed by atoms with Gasteiger partial charge in [-0.15, -0.1) is 0 Å². The quantitative estimate of drug-likeness (QED) is 0.399. The van der Waals surface area contributed by atoms with Gasteiger partial charge in [-0.1, -0.05) is 46.9 Å². The van der Waals surface area contributed by atoms with Crippen molar-refractivity contribution in [2.45, 2.75) is 6.54 Å². The number of amides is 1. The van der Waals surface area contributed by atoms with Crippen LogP contribution in [-0.2, 0) is 6.54 Å². The fourth-order valence-electron chi connectivity index (χ4n) is 2.79. The molecule has 0 fully saturated rings. The highest BCUT2D eigenvalue weighted by Crippen LogP contribution is 2.29. The molecule has 0 unspecified atom stereocenters. The van der Waals surface area contributed by atoms with Crippen molar-refractivity contribution in [2.75, 3.05) is 5.32 Å². The molecule has 4 aromatic rings. The van der Waals surface area contributed by atoms with E-state index in [1.165, 1.54) is 12.1 Å². The number of hydrogen-bond donors (Lipinski definition) is 2. The van der Waals surface area contributed by atoms with E-state index < -0.39 is 5.91 Å². The average molecular weight is 465 g/mol. The van der Waals surface area contributed by atoms with Gasteiger partial charge in [-0.05, 0) is 42.0 Å². The van der Waals surface area contributed by atoms with Crippen LogP contribution in [0.1, 0.15) is 16.1 Å². The summed E-state index contributed by atoms with van der Waals surface area (Å²) < 4.78 is 14.6. The van der Waals surface area contributed by atoms with Gasteiger partial charge in [0.1, 0.15) is 16.5 Å². The smallest absolute Gasteiger partial charge is 0.274 e. The molecule has 0 bridgehead atoms. The van der Waals surface area contributed by atoms with E-state index in [-0.39, 0.29) is 22.4 Å². The third-order valence-electron chi connectivity index (χ3n) is 4.24. The molecule has 2 aromatic heterocycles. The number of aromatic nitrogens is 4. The lowest BCUT2D eigenvalue weighted by Gasteiger charge is -2.02. The second-order valence-electron chi connectivity index (χ2n) is 6.39. The van der Waals surface area contributed by atoms with E-state index in [1.807, 2.05) is 0 Å². The summed E-state index contributed by atoms with van der Waals surface area (Å²) in [6.45, 7) is 0.374. The van der Waals surface area contributed by atoms with Gasteiger partial charge in [0.2, 0.25) is 0 Å². The van der Waals surface area contributed by atoms with Crippen LogP contribution in [0.4, 0.5) is 10.2 Å². The largest absolute Gasteiger partial charge is 0.302 e. The van der Waals surface area contributed by atoms with E-state index in [0.717, 1.165) is 5.56 Å². The molecule has 0 aliphatic heterocycles. The van der Waals surface area contributed by atoms with Gasteiger partial charge >= 0.3 is 0 Å². The standard InChI is InChI=1S/C20H13Cl3FN5O/c21-12-3-6-14(15(22)7-12)17-8-18(27-26-17)20(30)25-19-16(23)10-29(28-19)9-11-1-4-13(24)5-2-11/h1-8,10H,9H2,(H,26,27)(H,25,28,30). The number of nitrogens with zero attached hydrogens (tertiary/aromatic N) is 3. The molecule has 10 heteroatoms. The predicted octanol–water partition coefficient (Wildman–Crippen LogP) is 5.67. The van der Waals surface area contributed by atoms with Gasteiger partial charge in [-0.2, -0.15) is 10.2 Å². The van der Waals surface area contributed by atoms with E-state index >= 15 is 0 Å². The Bertz CT molecular complexity index is 1220. The summed E-state index contributed by atoms with van der Waals surface area (Å²) in [7, 11) is 0. The summed E-state index contributed by atoms with van der Waals surface area (Å²) >= 11 is 18.3. The number of halogens is 4. The van der Waals surface area contributed by atoms with E-state index in [4.69, 9.17) is 34.8 Å². The van der Waals surface area contributed by atoms with Crippen molar-refractivity contribution in [3.63, 3.8) is 0 Å². The van der Waals surface area contributed by atoms with Crippen LogP contribution in [0.2, 0.25) is 15.1 Å². The molecule has 0 saturated heterocycles. The zero-order valence-corrected chi connectivity index (χ0v) is 17.4. The van der Waals surface area contributed by atoms with Crippen molar-refractivity contribution in [1.82, 2.24) is 20.0 Å². The number of carbonyl (C=O) groups excluding carboxylic acids is 1. The summed E-state index contributed by atoms with van der Waals surface area (Å²) in [5, 5.41) is 14.9. The van der Waals surface area contributed by atoms with E-state index in [0.29, 0.717) is 27.8 Å². The predicted molar refractivity (Wildman–Crippen MR) is 115 cm³/mol. The Morgan fingerprint density at radius 3 is 2.57 bits per heavy atom. The molecule has 152 valence electrons. The van der Waals surface area contributed by atoms with Crippen LogP contribution >= 0.6 is 34.8 Å². The molecule has 30 heavy (non-hydrogen) atoms. The lowest BCUT2D eigenvalue weighted by molar-refractivity contribution is 0.102. The lowest BCUT2D eigenvalue weighted by atomic mass is 10.1. The van der Waals surface area contributed by atoms with Crippen molar-refractivity contribution in [1.29, 1.82) is 0 Å². The van der Waals surface area contributed by atoms with Crippen molar-refractivity contribution in [3.05, 3.63) is 86.9 Å². The molecule has 0 atom stereocenters. The number of H-pyrrole nitrogens is 1. The third-order valence-corrected chi connectivity index (χ3v) is 5.06. The maximum absolute atomic E-state index is 13.0. The topological polar surface area (TPSA) is 75.6 Å². The van der Waals surface area contributed by atoms with Crippen LogP contribution in [0.15, 0.2) is 54.7 Å². The fraction of sp³-hybridized carbons (Fsp3) is 0.0500. The highest BCUT2D eigenvalue weighted by molar-refractivity contribution is 6.36. The molecular weight excluding hydrogens is 452 g/mol. The molecule has 2 N–H and O–H groups in total. The van der Waals surface area contributed by atoms with Crippen LogP contribution in [0.3, 0.4) is 0 Å². The molecule has 1 amide bonds. The van der Waals surface area contributed by atoms with Crippen molar-refractivity contribution >= 4 is 46.5 Å². The maximum Gasteiger partial charge on any atom is 0.274 e. The maximum atomic E-state index is 13.0. The lowest BCUT2D eigenvalue weighted by Crippen LogP contribution is -2.13. The summed E-state index contributed by atoms with van der Waals surface area (Å²) in [6, 6.07) is 12.6. The summed E-state index contributed by atoms with van der Waals surface area (Å²) in [5.74, 6) is -0.582. The zero-order chi connectivity index (χ0) is 21.3. The number of aromatic amines is 1. The Morgan fingerprint density at radius 2 is 1.83 bits per heavy atom. The first-order valence-electron chi connectivity index (χ1n) is 8.68.